The van der Waals surface area contributed by atoms with E-state index < -0.39 is 4.92 Å². The molecule has 1 fully saturated rings. The highest BCUT2D eigenvalue weighted by Gasteiger charge is 2.26. The smallest absolute Gasteiger partial charge is 0.273 e. The zero-order chi connectivity index (χ0) is 20.5. The number of carbonyl (C=O) groups excluding carboxylic acids is 1. The molecule has 0 bridgehead atoms. The maximum Gasteiger partial charge on any atom is 0.273 e. The summed E-state index contributed by atoms with van der Waals surface area (Å²) in [5.41, 5.74) is 2.00. The average molecular weight is 403 g/mol. The number of benzene rings is 1. The molecule has 2 heterocycles. The molecule has 1 aromatic heterocycles. The van der Waals surface area contributed by atoms with Crippen LogP contribution in [-0.4, -0.2) is 51.8 Å². The molecule has 0 unspecified atom stereocenters. The second-order valence-electron chi connectivity index (χ2n) is 8.15. The summed E-state index contributed by atoms with van der Waals surface area (Å²) in [5.74, 6) is -0.134. The third kappa shape index (κ3) is 4.39. The van der Waals surface area contributed by atoms with Crippen molar-refractivity contribution < 1.29 is 9.72 Å². The molecular weight excluding hydrogens is 376 g/mol. The van der Waals surface area contributed by atoms with E-state index in [2.05, 4.69) is 31.1 Å². The van der Waals surface area contributed by atoms with Gasteiger partial charge in [-0.3, -0.25) is 19.8 Å². The van der Waals surface area contributed by atoms with Crippen molar-refractivity contribution in [3.05, 3.63) is 55.5 Å². The predicted molar refractivity (Wildman–Crippen MR) is 110 cm³/mol. The van der Waals surface area contributed by atoms with E-state index in [0.717, 1.165) is 30.3 Å². The Morgan fingerprint density at radius 2 is 1.93 bits per heavy atom. The summed E-state index contributed by atoms with van der Waals surface area (Å²) >= 11 is 1.68. The number of rotatable bonds is 4. The van der Waals surface area contributed by atoms with Crippen molar-refractivity contribution >= 4 is 22.9 Å². The van der Waals surface area contributed by atoms with Crippen LogP contribution in [0.1, 0.15) is 47.4 Å². The van der Waals surface area contributed by atoms with Crippen molar-refractivity contribution in [2.75, 3.05) is 26.2 Å². The molecule has 0 radical (unpaired) electrons. The Morgan fingerprint density at radius 3 is 2.50 bits per heavy atom. The van der Waals surface area contributed by atoms with E-state index in [-0.39, 0.29) is 17.0 Å². The van der Waals surface area contributed by atoms with Gasteiger partial charge >= 0.3 is 0 Å². The van der Waals surface area contributed by atoms with Gasteiger partial charge in [-0.15, -0.1) is 11.3 Å². The van der Waals surface area contributed by atoms with E-state index in [4.69, 9.17) is 4.98 Å². The fraction of sp³-hybridized carbons (Fsp3) is 0.500. The number of hydrogen-bond donors (Lipinski definition) is 0. The minimum Gasteiger partial charge on any atom is -0.336 e. The van der Waals surface area contributed by atoms with Crippen LogP contribution in [0.3, 0.4) is 0 Å². The molecule has 0 N–H and O–H groups in total. The number of carbonyl (C=O) groups is 1. The van der Waals surface area contributed by atoms with Crippen LogP contribution in [0.25, 0.3) is 0 Å². The largest absolute Gasteiger partial charge is 0.336 e. The van der Waals surface area contributed by atoms with E-state index >= 15 is 0 Å². The lowest BCUT2D eigenvalue weighted by Crippen LogP contribution is -2.48. The second-order valence-corrected chi connectivity index (χ2v) is 9.09. The number of thiazole rings is 1. The third-order valence-electron chi connectivity index (χ3n) is 5.07. The van der Waals surface area contributed by atoms with Crippen molar-refractivity contribution in [2.24, 2.45) is 0 Å². The van der Waals surface area contributed by atoms with Crippen LogP contribution in [0, 0.1) is 17.0 Å². The van der Waals surface area contributed by atoms with E-state index in [1.54, 1.807) is 35.3 Å². The van der Waals surface area contributed by atoms with Gasteiger partial charge in [0.15, 0.2) is 0 Å². The Labute approximate surface area is 169 Å². The first-order valence-electron chi connectivity index (χ1n) is 9.37. The highest BCUT2D eigenvalue weighted by atomic mass is 32.1. The molecule has 0 saturated carbocycles. The molecule has 0 atom stereocenters. The number of nitrogens with zero attached hydrogens (tertiary/aromatic N) is 4. The van der Waals surface area contributed by atoms with Crippen LogP contribution in [-0.2, 0) is 12.0 Å². The first kappa shape index (κ1) is 20.4. The van der Waals surface area contributed by atoms with Crippen LogP contribution in [0.15, 0.2) is 23.6 Å². The minimum absolute atomic E-state index is 0.0112. The number of nitro groups is 1. The first-order valence-corrected chi connectivity index (χ1v) is 10.3. The lowest BCUT2D eigenvalue weighted by Gasteiger charge is -2.34. The molecule has 3 rings (SSSR count). The van der Waals surface area contributed by atoms with E-state index in [0.29, 0.717) is 24.2 Å². The summed E-state index contributed by atoms with van der Waals surface area (Å²) < 4.78 is 0. The number of amides is 1. The van der Waals surface area contributed by atoms with Crippen LogP contribution >= 0.6 is 11.3 Å². The summed E-state index contributed by atoms with van der Waals surface area (Å²) in [6.45, 7) is 11.7. The fourth-order valence-electron chi connectivity index (χ4n) is 3.25. The summed E-state index contributed by atoms with van der Waals surface area (Å²) in [5, 5.41) is 14.3. The molecule has 1 saturated heterocycles. The molecule has 7 nitrogen and oxygen atoms in total. The van der Waals surface area contributed by atoms with Crippen molar-refractivity contribution in [1.82, 2.24) is 14.8 Å². The first-order chi connectivity index (χ1) is 13.2. The number of nitro benzene ring substituents is 1. The SMILES string of the molecule is Cc1c(C(=O)N2CCN(Cc3nc(C(C)(C)C)cs3)CC2)cccc1[N+](=O)[O-]. The van der Waals surface area contributed by atoms with Crippen LogP contribution in [0.4, 0.5) is 5.69 Å². The van der Waals surface area contributed by atoms with Gasteiger partial charge in [-0.2, -0.15) is 0 Å². The minimum atomic E-state index is -0.441. The maximum absolute atomic E-state index is 12.8. The summed E-state index contributed by atoms with van der Waals surface area (Å²) in [4.78, 5) is 32.4. The Bertz CT molecular complexity index is 880. The topological polar surface area (TPSA) is 79.6 Å². The standard InChI is InChI=1S/C20H26N4O3S/c1-14-15(6-5-7-16(14)24(26)27)19(25)23-10-8-22(9-11-23)12-18-21-17(13-28-18)20(2,3)4/h5-7,13H,8-12H2,1-4H3. The monoisotopic (exact) mass is 402 g/mol. The van der Waals surface area contributed by atoms with Gasteiger partial charge in [0.05, 0.1) is 17.2 Å². The number of piperazine rings is 1. The Morgan fingerprint density at radius 1 is 1.25 bits per heavy atom. The molecule has 1 amide bonds. The van der Waals surface area contributed by atoms with Gasteiger partial charge in [-0.25, -0.2) is 4.98 Å². The Balaban J connectivity index is 1.61. The van der Waals surface area contributed by atoms with Crippen LogP contribution < -0.4 is 0 Å². The van der Waals surface area contributed by atoms with Gasteiger partial charge in [-0.05, 0) is 13.0 Å². The highest BCUT2D eigenvalue weighted by molar-refractivity contribution is 7.09. The molecule has 0 aliphatic carbocycles. The van der Waals surface area contributed by atoms with Gasteiger partial charge in [0.2, 0.25) is 0 Å². The Kier molecular flexibility index (Phi) is 5.81. The van der Waals surface area contributed by atoms with Gasteiger partial charge in [0.25, 0.3) is 11.6 Å². The Hall–Kier alpha value is -2.32. The second kappa shape index (κ2) is 7.97. The lowest BCUT2D eigenvalue weighted by molar-refractivity contribution is -0.385. The van der Waals surface area contributed by atoms with E-state index in [9.17, 15) is 14.9 Å². The summed E-state index contributed by atoms with van der Waals surface area (Å²) in [6.07, 6.45) is 0. The van der Waals surface area contributed by atoms with Gasteiger partial charge in [-0.1, -0.05) is 26.8 Å². The van der Waals surface area contributed by atoms with Crippen molar-refractivity contribution in [2.45, 2.75) is 39.7 Å². The van der Waals surface area contributed by atoms with Crippen molar-refractivity contribution in [3.63, 3.8) is 0 Å². The molecule has 28 heavy (non-hydrogen) atoms. The van der Waals surface area contributed by atoms with Gasteiger partial charge in [0, 0.05) is 54.2 Å². The average Bonchev–Trinajstić information content (AvgIpc) is 3.11. The zero-order valence-corrected chi connectivity index (χ0v) is 17.6. The third-order valence-corrected chi connectivity index (χ3v) is 5.90. The number of aromatic nitrogens is 1. The maximum atomic E-state index is 12.8. The molecule has 1 aromatic carbocycles. The lowest BCUT2D eigenvalue weighted by atomic mass is 9.93. The normalized spacial score (nSPS) is 15.6. The van der Waals surface area contributed by atoms with Crippen LogP contribution in [0.5, 0.6) is 0 Å². The molecular formula is C20H26N4O3S. The van der Waals surface area contributed by atoms with E-state index in [1.165, 1.54) is 6.07 Å². The zero-order valence-electron chi connectivity index (χ0n) is 16.8. The highest BCUT2D eigenvalue weighted by Crippen LogP contribution is 2.25. The molecule has 2 aromatic rings. The predicted octanol–water partition coefficient (Wildman–Crippen LogP) is 3.62. The van der Waals surface area contributed by atoms with Crippen LogP contribution in [0.2, 0.25) is 0 Å². The quantitative estimate of drug-likeness (QED) is 0.576. The molecule has 1 aliphatic rings. The van der Waals surface area contributed by atoms with E-state index in [1.807, 2.05) is 0 Å². The molecule has 150 valence electrons. The van der Waals surface area contributed by atoms with Crippen molar-refractivity contribution in [3.8, 4) is 0 Å². The molecule has 8 heteroatoms. The summed E-state index contributed by atoms with van der Waals surface area (Å²) in [7, 11) is 0. The van der Waals surface area contributed by atoms with Crippen molar-refractivity contribution in [1.29, 1.82) is 0 Å². The fourth-order valence-corrected chi connectivity index (χ4v) is 4.31. The van der Waals surface area contributed by atoms with Gasteiger partial charge < -0.3 is 4.90 Å². The number of hydrogen-bond acceptors (Lipinski definition) is 6. The summed E-state index contributed by atoms with van der Waals surface area (Å²) in [6, 6.07) is 4.68. The molecule has 0 spiro atoms. The molecule has 1 aliphatic heterocycles. The van der Waals surface area contributed by atoms with Gasteiger partial charge in [0.1, 0.15) is 5.01 Å².